The van der Waals surface area contributed by atoms with Gasteiger partial charge in [0.15, 0.2) is 0 Å². The van der Waals surface area contributed by atoms with Crippen LogP contribution in [0.15, 0.2) is 65.5 Å². The van der Waals surface area contributed by atoms with Crippen molar-refractivity contribution in [2.24, 2.45) is 7.05 Å². The van der Waals surface area contributed by atoms with Crippen LogP contribution in [-0.4, -0.2) is 15.3 Å². The Labute approximate surface area is 150 Å². The number of halogens is 1. The largest absolute Gasteiger partial charge is 0.316 e. The zero-order valence-electron chi connectivity index (χ0n) is 14.4. The van der Waals surface area contributed by atoms with Crippen LogP contribution < -0.4 is 10.9 Å². The summed E-state index contributed by atoms with van der Waals surface area (Å²) >= 11 is 0. The maximum atomic E-state index is 13.2. The Bertz CT molecular complexity index is 1030. The number of para-hydroxylation sites is 1. The smallest absolute Gasteiger partial charge is 0.295 e. The minimum atomic E-state index is -0.458. The summed E-state index contributed by atoms with van der Waals surface area (Å²) in [6, 6.07) is 15.1. The van der Waals surface area contributed by atoms with E-state index in [1.165, 1.54) is 29.0 Å². The molecule has 0 aliphatic carbocycles. The Hall–Kier alpha value is -3.41. The molecule has 6 heteroatoms. The van der Waals surface area contributed by atoms with Crippen molar-refractivity contribution < 1.29 is 9.18 Å². The van der Waals surface area contributed by atoms with Gasteiger partial charge in [-0.05, 0) is 42.8 Å². The fourth-order valence-corrected chi connectivity index (χ4v) is 2.66. The molecule has 0 fully saturated rings. The summed E-state index contributed by atoms with van der Waals surface area (Å²) in [4.78, 5) is 24.9. The second kappa shape index (κ2) is 7.23. The predicted octanol–water partition coefficient (Wildman–Crippen LogP) is 3.28. The van der Waals surface area contributed by atoms with Gasteiger partial charge in [-0.15, -0.1) is 0 Å². The molecule has 0 radical (unpaired) electrons. The Morgan fingerprint density at radius 1 is 1.12 bits per heavy atom. The Morgan fingerprint density at radius 2 is 1.85 bits per heavy atom. The van der Waals surface area contributed by atoms with E-state index in [4.69, 9.17) is 0 Å². The quantitative estimate of drug-likeness (QED) is 0.734. The third-order valence-corrected chi connectivity index (χ3v) is 4.08. The molecule has 0 spiro atoms. The van der Waals surface area contributed by atoms with E-state index < -0.39 is 5.91 Å². The van der Waals surface area contributed by atoms with E-state index in [-0.39, 0.29) is 17.1 Å². The van der Waals surface area contributed by atoms with Crippen LogP contribution in [0.2, 0.25) is 0 Å². The van der Waals surface area contributed by atoms with Crippen molar-refractivity contribution in [3.63, 3.8) is 0 Å². The van der Waals surface area contributed by atoms with Crippen LogP contribution >= 0.6 is 0 Å². The Kier molecular flexibility index (Phi) is 4.84. The third-order valence-electron chi connectivity index (χ3n) is 4.08. The molecular weight excluding hydrogens is 333 g/mol. The van der Waals surface area contributed by atoms with Crippen molar-refractivity contribution in [2.45, 2.75) is 6.92 Å². The van der Waals surface area contributed by atoms with Gasteiger partial charge in [-0.3, -0.25) is 14.3 Å². The molecule has 132 valence electrons. The van der Waals surface area contributed by atoms with Gasteiger partial charge in [0.2, 0.25) is 5.91 Å². The number of rotatable bonds is 4. The number of carbonyl (C=O) groups is 1. The van der Waals surface area contributed by atoms with E-state index in [1.807, 2.05) is 30.3 Å². The average molecular weight is 351 g/mol. The molecule has 0 aliphatic heterocycles. The van der Waals surface area contributed by atoms with Gasteiger partial charge in [-0.25, -0.2) is 9.07 Å². The van der Waals surface area contributed by atoms with E-state index in [1.54, 1.807) is 30.8 Å². The molecule has 0 unspecified atom stereocenters. The van der Waals surface area contributed by atoms with E-state index in [0.29, 0.717) is 16.9 Å². The molecule has 2 aromatic carbocycles. The number of nitrogens with zero attached hydrogens (tertiary/aromatic N) is 2. The lowest BCUT2D eigenvalue weighted by Crippen LogP contribution is -2.22. The topological polar surface area (TPSA) is 56.0 Å². The monoisotopic (exact) mass is 351 g/mol. The SMILES string of the molecule is Cc1c(NC(=O)/C=C/c2cccc(F)c2)c(=O)n(-c2ccccc2)n1C. The van der Waals surface area contributed by atoms with Crippen LogP contribution in [0, 0.1) is 12.7 Å². The highest BCUT2D eigenvalue weighted by atomic mass is 19.1. The third kappa shape index (κ3) is 3.49. The molecule has 0 saturated heterocycles. The van der Waals surface area contributed by atoms with Crippen molar-refractivity contribution in [1.29, 1.82) is 0 Å². The summed E-state index contributed by atoms with van der Waals surface area (Å²) in [5, 5.41) is 2.62. The molecular formula is C20H18FN3O2. The number of amides is 1. The first-order chi connectivity index (χ1) is 12.5. The molecule has 0 bridgehead atoms. The molecule has 0 saturated carbocycles. The normalized spacial score (nSPS) is 11.0. The van der Waals surface area contributed by atoms with Crippen LogP contribution in [0.4, 0.5) is 10.1 Å². The number of anilines is 1. The fourth-order valence-electron chi connectivity index (χ4n) is 2.66. The lowest BCUT2D eigenvalue weighted by atomic mass is 10.2. The molecule has 1 N–H and O–H groups in total. The van der Waals surface area contributed by atoms with Crippen LogP contribution in [0.5, 0.6) is 0 Å². The Morgan fingerprint density at radius 3 is 2.54 bits per heavy atom. The standard InChI is InChI=1S/C20H18FN3O2/c1-14-19(20(26)24(23(14)2)17-9-4-3-5-10-17)22-18(25)12-11-15-7-6-8-16(21)13-15/h3-13H,1-2H3,(H,22,25)/b12-11+. The molecule has 5 nitrogen and oxygen atoms in total. The van der Waals surface area contributed by atoms with Crippen molar-refractivity contribution in [3.05, 3.63) is 88.1 Å². The van der Waals surface area contributed by atoms with Gasteiger partial charge in [-0.1, -0.05) is 30.3 Å². The van der Waals surface area contributed by atoms with Crippen molar-refractivity contribution in [2.75, 3.05) is 5.32 Å². The number of aromatic nitrogens is 2. The summed E-state index contributed by atoms with van der Waals surface area (Å²) in [6.07, 6.45) is 2.76. The highest BCUT2D eigenvalue weighted by molar-refractivity contribution is 6.02. The minimum Gasteiger partial charge on any atom is -0.316 e. The fraction of sp³-hybridized carbons (Fsp3) is 0.100. The molecule has 0 aliphatic rings. The summed E-state index contributed by atoms with van der Waals surface area (Å²) < 4.78 is 16.3. The summed E-state index contributed by atoms with van der Waals surface area (Å²) in [7, 11) is 1.75. The maximum Gasteiger partial charge on any atom is 0.295 e. The van der Waals surface area contributed by atoms with Gasteiger partial charge in [0.05, 0.1) is 11.4 Å². The molecule has 1 aromatic heterocycles. The van der Waals surface area contributed by atoms with Crippen LogP contribution in [0.1, 0.15) is 11.3 Å². The first-order valence-corrected chi connectivity index (χ1v) is 8.06. The molecule has 0 atom stereocenters. The van der Waals surface area contributed by atoms with Crippen LogP contribution in [-0.2, 0) is 11.8 Å². The van der Waals surface area contributed by atoms with Crippen molar-refractivity contribution in [3.8, 4) is 5.69 Å². The molecule has 3 rings (SSSR count). The zero-order valence-corrected chi connectivity index (χ0v) is 14.4. The lowest BCUT2D eigenvalue weighted by Gasteiger charge is -2.07. The number of nitrogens with one attached hydrogen (secondary N) is 1. The minimum absolute atomic E-state index is 0.213. The average Bonchev–Trinajstić information content (AvgIpc) is 2.84. The number of hydrogen-bond donors (Lipinski definition) is 1. The van der Waals surface area contributed by atoms with Gasteiger partial charge >= 0.3 is 0 Å². The number of hydrogen-bond acceptors (Lipinski definition) is 2. The van der Waals surface area contributed by atoms with Gasteiger partial charge < -0.3 is 5.32 Å². The van der Waals surface area contributed by atoms with Crippen LogP contribution in [0.25, 0.3) is 11.8 Å². The molecule has 1 heterocycles. The van der Waals surface area contributed by atoms with Gasteiger partial charge in [0.25, 0.3) is 5.56 Å². The molecule has 1 amide bonds. The van der Waals surface area contributed by atoms with E-state index in [0.717, 1.165) is 0 Å². The zero-order chi connectivity index (χ0) is 18.7. The van der Waals surface area contributed by atoms with Gasteiger partial charge in [0, 0.05) is 13.1 Å². The maximum absolute atomic E-state index is 13.2. The highest BCUT2D eigenvalue weighted by Gasteiger charge is 2.17. The summed E-state index contributed by atoms with van der Waals surface area (Å²) in [6.45, 7) is 1.76. The lowest BCUT2D eigenvalue weighted by molar-refractivity contribution is -0.111. The first-order valence-electron chi connectivity index (χ1n) is 8.06. The van der Waals surface area contributed by atoms with Crippen molar-refractivity contribution >= 4 is 17.7 Å². The first kappa shape index (κ1) is 17.4. The second-order valence-corrected chi connectivity index (χ2v) is 5.81. The van der Waals surface area contributed by atoms with E-state index in [2.05, 4.69) is 5.32 Å². The molecule has 26 heavy (non-hydrogen) atoms. The Balaban J connectivity index is 1.86. The number of benzene rings is 2. The predicted molar refractivity (Wildman–Crippen MR) is 99.8 cm³/mol. The highest BCUT2D eigenvalue weighted by Crippen LogP contribution is 2.14. The van der Waals surface area contributed by atoms with E-state index in [9.17, 15) is 14.0 Å². The summed E-state index contributed by atoms with van der Waals surface area (Å²) in [5.74, 6) is -0.836. The molecule has 3 aromatic rings. The van der Waals surface area contributed by atoms with Gasteiger partial charge in [0.1, 0.15) is 11.5 Å². The van der Waals surface area contributed by atoms with Crippen molar-refractivity contribution in [1.82, 2.24) is 9.36 Å². The van der Waals surface area contributed by atoms with Gasteiger partial charge in [-0.2, -0.15) is 0 Å². The van der Waals surface area contributed by atoms with E-state index >= 15 is 0 Å². The summed E-state index contributed by atoms with van der Waals surface area (Å²) in [5.41, 5.74) is 1.80. The number of carbonyl (C=O) groups excluding carboxylic acids is 1. The van der Waals surface area contributed by atoms with Crippen LogP contribution in [0.3, 0.4) is 0 Å². The second-order valence-electron chi connectivity index (χ2n) is 5.81.